The van der Waals surface area contributed by atoms with Crippen molar-refractivity contribution in [3.63, 3.8) is 0 Å². The highest BCUT2D eigenvalue weighted by atomic mass is 16.5. The first-order valence-electron chi connectivity index (χ1n) is 7.80. The third-order valence-corrected chi connectivity index (χ3v) is 3.46. The van der Waals surface area contributed by atoms with E-state index >= 15 is 0 Å². The van der Waals surface area contributed by atoms with Gasteiger partial charge in [0, 0.05) is 19.7 Å². The summed E-state index contributed by atoms with van der Waals surface area (Å²) in [6.07, 6.45) is 2.95. The van der Waals surface area contributed by atoms with Gasteiger partial charge in [-0.15, -0.1) is 0 Å². The lowest BCUT2D eigenvalue weighted by atomic mass is 10.1. The van der Waals surface area contributed by atoms with Crippen molar-refractivity contribution in [3.05, 3.63) is 48.0 Å². The molecule has 0 atom stereocenters. The Morgan fingerprint density at radius 2 is 1.84 bits per heavy atom. The van der Waals surface area contributed by atoms with E-state index in [9.17, 15) is 9.59 Å². The molecule has 0 radical (unpaired) electrons. The first-order valence-corrected chi connectivity index (χ1v) is 7.80. The fraction of sp³-hybridized carbons (Fsp3) is 0.263. The average Bonchev–Trinajstić information content (AvgIpc) is 2.64. The number of hydrogen-bond acceptors (Lipinski definition) is 5. The van der Waals surface area contributed by atoms with Crippen molar-refractivity contribution in [2.45, 2.75) is 0 Å². The molecule has 25 heavy (non-hydrogen) atoms. The minimum Gasteiger partial charge on any atom is -0.497 e. The summed E-state index contributed by atoms with van der Waals surface area (Å²) < 4.78 is 14.9. The molecular formula is C19H21NO5. The maximum absolute atomic E-state index is 11.7. The van der Waals surface area contributed by atoms with E-state index < -0.39 is 5.97 Å². The zero-order chi connectivity index (χ0) is 18.1. The molecule has 0 fully saturated rings. The van der Waals surface area contributed by atoms with Gasteiger partial charge in [0.15, 0.2) is 6.61 Å². The molecule has 0 unspecified atom stereocenters. The number of methoxy groups -OCH3 is 2. The molecule has 0 aromatic heterocycles. The van der Waals surface area contributed by atoms with Crippen LogP contribution in [0.1, 0.15) is 5.56 Å². The molecule has 132 valence electrons. The zero-order valence-corrected chi connectivity index (χ0v) is 14.3. The van der Waals surface area contributed by atoms with E-state index in [2.05, 4.69) is 5.32 Å². The normalized spacial score (nSPS) is 10.8. The van der Waals surface area contributed by atoms with E-state index in [1.807, 2.05) is 36.4 Å². The van der Waals surface area contributed by atoms with Crippen LogP contribution in [0.5, 0.6) is 5.75 Å². The molecule has 0 bridgehead atoms. The SMILES string of the molecule is COCCNC(=O)COC(=O)/C=C/c1ccc2cc(OC)ccc2c1. The number of carbonyl (C=O) groups is 2. The van der Waals surface area contributed by atoms with Crippen molar-refractivity contribution in [1.82, 2.24) is 5.32 Å². The van der Waals surface area contributed by atoms with Gasteiger partial charge in [-0.3, -0.25) is 4.79 Å². The van der Waals surface area contributed by atoms with Gasteiger partial charge in [0.25, 0.3) is 5.91 Å². The van der Waals surface area contributed by atoms with Crippen LogP contribution in [0.4, 0.5) is 0 Å². The van der Waals surface area contributed by atoms with Crippen LogP contribution in [0.15, 0.2) is 42.5 Å². The van der Waals surface area contributed by atoms with Crippen molar-refractivity contribution >= 4 is 28.7 Å². The van der Waals surface area contributed by atoms with Crippen LogP contribution >= 0.6 is 0 Å². The molecule has 0 aliphatic rings. The van der Waals surface area contributed by atoms with Crippen LogP contribution in [-0.4, -0.2) is 45.9 Å². The summed E-state index contributed by atoms with van der Waals surface area (Å²) in [5.74, 6) is -0.140. The van der Waals surface area contributed by atoms with Gasteiger partial charge in [-0.05, 0) is 40.6 Å². The molecule has 1 amide bonds. The lowest BCUT2D eigenvalue weighted by molar-refractivity contribution is -0.143. The Hall–Kier alpha value is -2.86. The minimum absolute atomic E-state index is 0.315. The van der Waals surface area contributed by atoms with Gasteiger partial charge in [0.1, 0.15) is 5.75 Å². The topological polar surface area (TPSA) is 73.9 Å². The Morgan fingerprint density at radius 1 is 1.08 bits per heavy atom. The van der Waals surface area contributed by atoms with E-state index in [0.717, 1.165) is 22.1 Å². The van der Waals surface area contributed by atoms with E-state index in [4.69, 9.17) is 14.2 Å². The van der Waals surface area contributed by atoms with Gasteiger partial charge in [-0.2, -0.15) is 0 Å². The molecule has 6 heteroatoms. The maximum atomic E-state index is 11.7. The number of hydrogen-bond donors (Lipinski definition) is 1. The van der Waals surface area contributed by atoms with Crippen molar-refractivity contribution in [3.8, 4) is 5.75 Å². The van der Waals surface area contributed by atoms with Gasteiger partial charge in [0.05, 0.1) is 13.7 Å². The molecule has 1 N–H and O–H groups in total. The van der Waals surface area contributed by atoms with Gasteiger partial charge >= 0.3 is 5.97 Å². The van der Waals surface area contributed by atoms with Crippen molar-refractivity contribution < 1.29 is 23.8 Å². The number of nitrogens with one attached hydrogen (secondary N) is 1. The second-order valence-corrected chi connectivity index (χ2v) is 5.26. The van der Waals surface area contributed by atoms with Gasteiger partial charge < -0.3 is 19.5 Å². The third-order valence-electron chi connectivity index (χ3n) is 3.46. The summed E-state index contributed by atoms with van der Waals surface area (Å²) in [6, 6.07) is 11.6. The fourth-order valence-electron chi connectivity index (χ4n) is 2.17. The Bertz CT molecular complexity index is 769. The predicted octanol–water partition coefficient (Wildman–Crippen LogP) is 2.17. The second-order valence-electron chi connectivity index (χ2n) is 5.26. The number of amides is 1. The molecule has 0 spiro atoms. The number of carbonyl (C=O) groups excluding carboxylic acids is 2. The fourth-order valence-corrected chi connectivity index (χ4v) is 2.17. The van der Waals surface area contributed by atoms with Crippen LogP contribution < -0.4 is 10.1 Å². The molecule has 2 rings (SSSR count). The smallest absolute Gasteiger partial charge is 0.331 e. The second kappa shape index (κ2) is 9.44. The molecule has 2 aromatic rings. The molecule has 0 saturated heterocycles. The quantitative estimate of drug-likeness (QED) is 0.452. The number of esters is 1. The summed E-state index contributed by atoms with van der Waals surface area (Å²) in [7, 11) is 3.17. The first kappa shape index (κ1) is 18.5. The highest BCUT2D eigenvalue weighted by molar-refractivity contribution is 5.91. The van der Waals surface area contributed by atoms with E-state index in [1.54, 1.807) is 20.3 Å². The highest BCUT2D eigenvalue weighted by Gasteiger charge is 2.04. The molecule has 0 aliphatic heterocycles. The van der Waals surface area contributed by atoms with Crippen LogP contribution in [0.2, 0.25) is 0 Å². The monoisotopic (exact) mass is 343 g/mol. The first-order chi connectivity index (χ1) is 12.1. The van der Waals surface area contributed by atoms with E-state index in [0.29, 0.717) is 13.2 Å². The molecular weight excluding hydrogens is 322 g/mol. The van der Waals surface area contributed by atoms with Crippen molar-refractivity contribution in [1.29, 1.82) is 0 Å². The van der Waals surface area contributed by atoms with Gasteiger partial charge in [-0.25, -0.2) is 4.79 Å². The van der Waals surface area contributed by atoms with Crippen molar-refractivity contribution in [2.75, 3.05) is 34.0 Å². The lowest BCUT2D eigenvalue weighted by Gasteiger charge is -2.05. The Balaban J connectivity index is 1.89. The number of ether oxygens (including phenoxy) is 3. The highest BCUT2D eigenvalue weighted by Crippen LogP contribution is 2.22. The van der Waals surface area contributed by atoms with Crippen LogP contribution in [0, 0.1) is 0 Å². The summed E-state index contributed by atoms with van der Waals surface area (Å²) >= 11 is 0. The predicted molar refractivity (Wildman–Crippen MR) is 95.4 cm³/mol. The summed E-state index contributed by atoms with van der Waals surface area (Å²) in [4.78, 5) is 23.1. The average molecular weight is 343 g/mol. The number of fused-ring (bicyclic) bond motifs is 1. The molecule has 6 nitrogen and oxygen atoms in total. The van der Waals surface area contributed by atoms with Crippen LogP contribution in [-0.2, 0) is 19.1 Å². The number of benzene rings is 2. The number of rotatable bonds is 8. The Kier molecular flexibility index (Phi) is 6.98. The van der Waals surface area contributed by atoms with Crippen LogP contribution in [0.3, 0.4) is 0 Å². The molecule has 2 aromatic carbocycles. The Labute approximate surface area is 146 Å². The summed E-state index contributed by atoms with van der Waals surface area (Å²) in [6.45, 7) is 0.475. The van der Waals surface area contributed by atoms with E-state index in [-0.39, 0.29) is 12.5 Å². The van der Waals surface area contributed by atoms with Crippen molar-refractivity contribution in [2.24, 2.45) is 0 Å². The summed E-state index contributed by atoms with van der Waals surface area (Å²) in [5, 5.41) is 4.65. The summed E-state index contributed by atoms with van der Waals surface area (Å²) in [5.41, 5.74) is 0.860. The third kappa shape index (κ3) is 5.93. The molecule has 0 heterocycles. The molecule has 0 aliphatic carbocycles. The van der Waals surface area contributed by atoms with Crippen LogP contribution in [0.25, 0.3) is 16.8 Å². The van der Waals surface area contributed by atoms with Gasteiger partial charge in [-0.1, -0.05) is 18.2 Å². The zero-order valence-electron chi connectivity index (χ0n) is 14.3. The largest absolute Gasteiger partial charge is 0.497 e. The standard InChI is InChI=1S/C19H21NO5/c1-23-10-9-20-18(21)13-25-19(22)8-4-14-3-5-16-12-17(24-2)7-6-15(16)11-14/h3-8,11-12H,9-10,13H2,1-2H3,(H,20,21)/b8-4+. The lowest BCUT2D eigenvalue weighted by Crippen LogP contribution is -2.31. The maximum Gasteiger partial charge on any atom is 0.331 e. The molecule has 0 saturated carbocycles. The minimum atomic E-state index is -0.572. The Morgan fingerprint density at radius 3 is 2.60 bits per heavy atom. The van der Waals surface area contributed by atoms with Gasteiger partial charge in [0.2, 0.25) is 0 Å². The van der Waals surface area contributed by atoms with E-state index in [1.165, 1.54) is 6.08 Å².